The third-order valence-corrected chi connectivity index (χ3v) is 3.90. The van der Waals surface area contributed by atoms with Gasteiger partial charge in [0.15, 0.2) is 17.8 Å². The van der Waals surface area contributed by atoms with E-state index in [1.54, 1.807) is 6.07 Å². The molecule has 6 heteroatoms. The molecule has 0 spiro atoms. The maximum absolute atomic E-state index is 11.2. The predicted octanol–water partition coefficient (Wildman–Crippen LogP) is 2.79. The van der Waals surface area contributed by atoms with E-state index >= 15 is 0 Å². The van der Waals surface area contributed by atoms with E-state index in [0.29, 0.717) is 46.6 Å². The summed E-state index contributed by atoms with van der Waals surface area (Å²) in [5, 5.41) is 9.04. The number of aliphatic carboxylic acids is 1. The van der Waals surface area contributed by atoms with Crippen LogP contribution in [-0.4, -0.2) is 30.6 Å². The lowest BCUT2D eigenvalue weighted by Gasteiger charge is -2.30. The minimum atomic E-state index is -0.893. The number of halogens is 1. The third-order valence-electron chi connectivity index (χ3n) is 3.24. The number of hydrogen-bond acceptors (Lipinski definition) is 4. The van der Waals surface area contributed by atoms with Crippen LogP contribution in [-0.2, 0) is 10.2 Å². The SMILES string of the molecule is CC(C)(CC(=O)O)c1cc(Br)c(C=O)c2c1OCCO2. The van der Waals surface area contributed by atoms with Crippen molar-refractivity contribution in [3.8, 4) is 11.5 Å². The molecule has 20 heavy (non-hydrogen) atoms. The molecule has 1 aromatic carbocycles. The van der Waals surface area contributed by atoms with Crippen LogP contribution >= 0.6 is 15.9 Å². The second kappa shape index (κ2) is 5.44. The lowest BCUT2D eigenvalue weighted by molar-refractivity contribution is -0.138. The fourth-order valence-corrected chi connectivity index (χ4v) is 2.79. The highest BCUT2D eigenvalue weighted by atomic mass is 79.9. The number of carboxylic acids is 1. The lowest BCUT2D eigenvalue weighted by Crippen LogP contribution is -2.26. The van der Waals surface area contributed by atoms with Gasteiger partial charge in [-0.3, -0.25) is 9.59 Å². The molecular formula is C14H15BrO5. The van der Waals surface area contributed by atoms with E-state index in [0.717, 1.165) is 0 Å². The first-order valence-electron chi connectivity index (χ1n) is 6.16. The number of hydrogen-bond donors (Lipinski definition) is 1. The number of ether oxygens (including phenoxy) is 2. The molecule has 0 bridgehead atoms. The molecule has 0 atom stereocenters. The van der Waals surface area contributed by atoms with Gasteiger partial charge in [-0.15, -0.1) is 0 Å². The second-order valence-electron chi connectivity index (χ2n) is 5.25. The Kier molecular flexibility index (Phi) is 4.04. The molecular weight excluding hydrogens is 328 g/mol. The highest BCUT2D eigenvalue weighted by Gasteiger charge is 2.33. The number of aldehydes is 1. The topological polar surface area (TPSA) is 72.8 Å². The van der Waals surface area contributed by atoms with Crippen molar-refractivity contribution in [3.63, 3.8) is 0 Å². The smallest absolute Gasteiger partial charge is 0.304 e. The molecule has 1 aliphatic rings. The fourth-order valence-electron chi connectivity index (χ4n) is 2.28. The standard InChI is InChI=1S/C14H15BrO5/c1-14(2,6-11(17)18)9-5-10(15)8(7-16)12-13(9)20-4-3-19-12/h5,7H,3-4,6H2,1-2H3,(H,17,18). The summed E-state index contributed by atoms with van der Waals surface area (Å²) in [6, 6.07) is 1.74. The van der Waals surface area contributed by atoms with Crippen LogP contribution in [0, 0.1) is 0 Å². The molecule has 1 aromatic rings. The van der Waals surface area contributed by atoms with Gasteiger partial charge in [-0.2, -0.15) is 0 Å². The second-order valence-corrected chi connectivity index (χ2v) is 6.10. The third kappa shape index (κ3) is 2.65. The quantitative estimate of drug-likeness (QED) is 0.851. The molecule has 2 rings (SSSR count). The first-order valence-corrected chi connectivity index (χ1v) is 6.95. The van der Waals surface area contributed by atoms with E-state index in [2.05, 4.69) is 15.9 Å². The van der Waals surface area contributed by atoms with Gasteiger partial charge in [-0.05, 0) is 22.0 Å². The monoisotopic (exact) mass is 342 g/mol. The number of carbonyl (C=O) groups is 2. The highest BCUT2D eigenvalue weighted by Crippen LogP contribution is 2.46. The summed E-state index contributed by atoms with van der Waals surface area (Å²) in [7, 11) is 0. The number of benzene rings is 1. The molecule has 1 N–H and O–H groups in total. The van der Waals surface area contributed by atoms with Crippen LogP contribution in [0.3, 0.4) is 0 Å². The minimum absolute atomic E-state index is 0.0460. The minimum Gasteiger partial charge on any atom is -0.486 e. The van der Waals surface area contributed by atoms with Crippen molar-refractivity contribution in [3.05, 3.63) is 21.7 Å². The molecule has 0 radical (unpaired) electrons. The maximum atomic E-state index is 11.2. The summed E-state index contributed by atoms with van der Waals surface area (Å²) in [6.45, 7) is 4.38. The Morgan fingerprint density at radius 1 is 1.40 bits per heavy atom. The molecule has 0 amide bonds. The van der Waals surface area contributed by atoms with E-state index in [-0.39, 0.29) is 6.42 Å². The molecule has 0 fully saturated rings. The summed E-state index contributed by atoms with van der Waals surface area (Å²) in [5.74, 6) is -0.0436. The van der Waals surface area contributed by atoms with E-state index in [1.165, 1.54) is 0 Å². The molecule has 0 aromatic heterocycles. The van der Waals surface area contributed by atoms with Gasteiger partial charge < -0.3 is 14.6 Å². The number of carboxylic acid groups (broad SMARTS) is 1. The van der Waals surface area contributed by atoms with E-state index in [9.17, 15) is 9.59 Å². The van der Waals surface area contributed by atoms with Crippen molar-refractivity contribution in [2.45, 2.75) is 25.7 Å². The Hall–Kier alpha value is -1.56. The molecule has 0 aliphatic carbocycles. The summed E-state index contributed by atoms with van der Waals surface area (Å²) < 4.78 is 11.7. The van der Waals surface area contributed by atoms with E-state index in [4.69, 9.17) is 14.6 Å². The zero-order chi connectivity index (χ0) is 14.9. The molecule has 0 saturated carbocycles. The predicted molar refractivity (Wildman–Crippen MR) is 75.8 cm³/mol. The molecule has 1 heterocycles. The van der Waals surface area contributed by atoms with E-state index in [1.807, 2.05) is 13.8 Å². The van der Waals surface area contributed by atoms with E-state index < -0.39 is 11.4 Å². The van der Waals surface area contributed by atoms with Crippen molar-refractivity contribution in [2.75, 3.05) is 13.2 Å². The van der Waals surface area contributed by atoms with Gasteiger partial charge >= 0.3 is 5.97 Å². The Morgan fingerprint density at radius 2 is 2.00 bits per heavy atom. The van der Waals surface area contributed by atoms with Gasteiger partial charge in [0.2, 0.25) is 0 Å². The van der Waals surface area contributed by atoms with Gasteiger partial charge in [0, 0.05) is 15.5 Å². The Balaban J connectivity index is 2.62. The summed E-state index contributed by atoms with van der Waals surface area (Å²) in [4.78, 5) is 22.2. The maximum Gasteiger partial charge on any atom is 0.304 e. The zero-order valence-corrected chi connectivity index (χ0v) is 12.8. The largest absolute Gasteiger partial charge is 0.486 e. The summed E-state index contributed by atoms with van der Waals surface area (Å²) >= 11 is 3.33. The average molecular weight is 343 g/mol. The molecule has 0 unspecified atom stereocenters. The van der Waals surface area contributed by atoms with Crippen molar-refractivity contribution >= 4 is 28.2 Å². The van der Waals surface area contributed by atoms with Gasteiger partial charge in [-0.1, -0.05) is 13.8 Å². The first-order chi connectivity index (χ1) is 9.36. The summed E-state index contributed by atoms with van der Waals surface area (Å²) in [5.41, 5.74) is 0.460. The number of rotatable bonds is 4. The highest BCUT2D eigenvalue weighted by molar-refractivity contribution is 9.10. The van der Waals surface area contributed by atoms with Gasteiger partial charge in [0.05, 0.1) is 12.0 Å². The molecule has 0 saturated heterocycles. The van der Waals surface area contributed by atoms with Crippen molar-refractivity contribution < 1.29 is 24.2 Å². The molecule has 1 aliphatic heterocycles. The van der Waals surface area contributed by atoms with Gasteiger partial charge in [-0.25, -0.2) is 0 Å². The van der Waals surface area contributed by atoms with Crippen LogP contribution in [0.25, 0.3) is 0 Å². The van der Waals surface area contributed by atoms with Crippen LogP contribution in [0.2, 0.25) is 0 Å². The zero-order valence-electron chi connectivity index (χ0n) is 11.2. The Bertz CT molecular complexity index is 565. The normalized spacial score (nSPS) is 13.9. The van der Waals surface area contributed by atoms with Gasteiger partial charge in [0.25, 0.3) is 0 Å². The van der Waals surface area contributed by atoms with Gasteiger partial charge in [0.1, 0.15) is 13.2 Å². The van der Waals surface area contributed by atoms with Crippen molar-refractivity contribution in [2.24, 2.45) is 0 Å². The van der Waals surface area contributed by atoms with Crippen LogP contribution in [0.15, 0.2) is 10.5 Å². The van der Waals surface area contributed by atoms with Crippen molar-refractivity contribution in [1.29, 1.82) is 0 Å². The van der Waals surface area contributed by atoms with Crippen LogP contribution < -0.4 is 9.47 Å². The Labute approximate surface area is 125 Å². The molecule has 5 nitrogen and oxygen atoms in total. The first kappa shape index (κ1) is 14.8. The summed E-state index contributed by atoms with van der Waals surface area (Å²) in [6.07, 6.45) is 0.654. The number of carbonyl (C=O) groups excluding carboxylic acids is 1. The van der Waals surface area contributed by atoms with Crippen LogP contribution in [0.4, 0.5) is 0 Å². The molecule has 108 valence electrons. The van der Waals surface area contributed by atoms with Crippen LogP contribution in [0.5, 0.6) is 11.5 Å². The van der Waals surface area contributed by atoms with Crippen molar-refractivity contribution in [1.82, 2.24) is 0 Å². The fraction of sp³-hybridized carbons (Fsp3) is 0.429. The average Bonchev–Trinajstić information content (AvgIpc) is 2.36. The van der Waals surface area contributed by atoms with Crippen LogP contribution in [0.1, 0.15) is 36.2 Å². The Morgan fingerprint density at radius 3 is 2.55 bits per heavy atom. The number of fused-ring (bicyclic) bond motifs is 1. The lowest BCUT2D eigenvalue weighted by atomic mass is 9.80.